The van der Waals surface area contributed by atoms with Crippen molar-refractivity contribution in [3.8, 4) is 5.75 Å². The van der Waals surface area contributed by atoms with E-state index in [1.54, 1.807) is 7.11 Å². The summed E-state index contributed by atoms with van der Waals surface area (Å²) in [6.45, 7) is 5.23. The summed E-state index contributed by atoms with van der Waals surface area (Å²) in [4.78, 5) is 0. The lowest BCUT2D eigenvalue weighted by Crippen LogP contribution is -2.30. The van der Waals surface area contributed by atoms with E-state index in [2.05, 4.69) is 32.0 Å². The SMILES string of the molecule is CCC1CCC(CN)(Cc2cc(C)ccc2OC)C1. The van der Waals surface area contributed by atoms with Gasteiger partial charge in [-0.05, 0) is 62.1 Å². The van der Waals surface area contributed by atoms with Gasteiger partial charge in [0.25, 0.3) is 0 Å². The molecule has 1 saturated carbocycles. The smallest absolute Gasteiger partial charge is 0.122 e. The second-order valence-electron chi connectivity index (χ2n) is 6.21. The lowest BCUT2D eigenvalue weighted by molar-refractivity contribution is 0.285. The Balaban J connectivity index is 2.21. The molecule has 1 aromatic rings. The van der Waals surface area contributed by atoms with Crippen LogP contribution in [0.5, 0.6) is 5.75 Å². The Hall–Kier alpha value is -1.02. The predicted octanol–water partition coefficient (Wildman–Crippen LogP) is 3.70. The fraction of sp³-hybridized carbons (Fsp3) is 0.647. The molecule has 0 saturated heterocycles. The number of rotatable bonds is 5. The van der Waals surface area contributed by atoms with Crippen molar-refractivity contribution in [1.29, 1.82) is 0 Å². The molecule has 2 heteroatoms. The van der Waals surface area contributed by atoms with Crippen molar-refractivity contribution < 1.29 is 4.74 Å². The second kappa shape index (κ2) is 5.96. The van der Waals surface area contributed by atoms with Crippen molar-refractivity contribution in [2.75, 3.05) is 13.7 Å². The monoisotopic (exact) mass is 261 g/mol. The Morgan fingerprint density at radius 3 is 2.79 bits per heavy atom. The van der Waals surface area contributed by atoms with Gasteiger partial charge in [0.05, 0.1) is 7.11 Å². The Bertz CT molecular complexity index is 429. The molecule has 2 N–H and O–H groups in total. The van der Waals surface area contributed by atoms with Crippen LogP contribution in [0.2, 0.25) is 0 Å². The third kappa shape index (κ3) is 3.11. The summed E-state index contributed by atoms with van der Waals surface area (Å²) in [5.74, 6) is 1.87. The minimum Gasteiger partial charge on any atom is -0.496 e. The Morgan fingerprint density at radius 1 is 1.42 bits per heavy atom. The van der Waals surface area contributed by atoms with Gasteiger partial charge >= 0.3 is 0 Å². The Kier molecular flexibility index (Phi) is 4.51. The zero-order chi connectivity index (χ0) is 13.9. The van der Waals surface area contributed by atoms with Gasteiger partial charge in [0.1, 0.15) is 5.75 Å². The summed E-state index contributed by atoms with van der Waals surface area (Å²) >= 11 is 0. The quantitative estimate of drug-likeness (QED) is 0.877. The van der Waals surface area contributed by atoms with E-state index >= 15 is 0 Å². The molecule has 1 aliphatic rings. The van der Waals surface area contributed by atoms with Gasteiger partial charge in [-0.25, -0.2) is 0 Å². The maximum Gasteiger partial charge on any atom is 0.122 e. The summed E-state index contributed by atoms with van der Waals surface area (Å²) in [5, 5.41) is 0. The largest absolute Gasteiger partial charge is 0.496 e. The van der Waals surface area contributed by atoms with Crippen LogP contribution < -0.4 is 10.5 Å². The topological polar surface area (TPSA) is 35.2 Å². The predicted molar refractivity (Wildman–Crippen MR) is 80.6 cm³/mol. The molecule has 0 spiro atoms. The summed E-state index contributed by atoms with van der Waals surface area (Å²) in [7, 11) is 1.76. The number of nitrogens with two attached hydrogens (primary N) is 1. The van der Waals surface area contributed by atoms with Crippen LogP contribution >= 0.6 is 0 Å². The standard InChI is InChI=1S/C17H27NO/c1-4-14-7-8-17(10-14,12-18)11-15-9-13(2)5-6-16(15)19-3/h5-6,9,14H,4,7-8,10-12,18H2,1-3H3. The third-order valence-electron chi connectivity index (χ3n) is 4.82. The van der Waals surface area contributed by atoms with Gasteiger partial charge < -0.3 is 10.5 Å². The first-order chi connectivity index (χ1) is 9.12. The fourth-order valence-electron chi connectivity index (χ4n) is 3.54. The number of benzene rings is 1. The summed E-state index contributed by atoms with van der Waals surface area (Å²) < 4.78 is 5.51. The molecule has 0 aliphatic heterocycles. The van der Waals surface area contributed by atoms with Crippen molar-refractivity contribution in [3.63, 3.8) is 0 Å². The van der Waals surface area contributed by atoms with Gasteiger partial charge in [0.15, 0.2) is 0 Å². The lowest BCUT2D eigenvalue weighted by atomic mass is 9.78. The molecule has 2 nitrogen and oxygen atoms in total. The Morgan fingerprint density at radius 2 is 2.21 bits per heavy atom. The van der Waals surface area contributed by atoms with Gasteiger partial charge in [-0.3, -0.25) is 0 Å². The minimum absolute atomic E-state index is 0.293. The first kappa shape index (κ1) is 14.4. The molecule has 0 radical (unpaired) electrons. The Labute approximate surface area is 117 Å². The van der Waals surface area contributed by atoms with E-state index in [1.165, 1.54) is 36.8 Å². The molecular weight excluding hydrogens is 234 g/mol. The molecule has 1 aliphatic carbocycles. The van der Waals surface area contributed by atoms with E-state index < -0.39 is 0 Å². The highest BCUT2D eigenvalue weighted by atomic mass is 16.5. The van der Waals surface area contributed by atoms with Gasteiger partial charge in [0.2, 0.25) is 0 Å². The lowest BCUT2D eigenvalue weighted by Gasteiger charge is -2.29. The summed E-state index contributed by atoms with van der Waals surface area (Å²) in [6.07, 6.45) is 6.22. The van der Waals surface area contributed by atoms with Crippen molar-refractivity contribution in [1.82, 2.24) is 0 Å². The molecule has 19 heavy (non-hydrogen) atoms. The van der Waals surface area contributed by atoms with E-state index in [0.717, 1.165) is 24.6 Å². The van der Waals surface area contributed by atoms with Gasteiger partial charge in [-0.15, -0.1) is 0 Å². The second-order valence-corrected chi connectivity index (χ2v) is 6.21. The van der Waals surface area contributed by atoms with Crippen LogP contribution in [-0.4, -0.2) is 13.7 Å². The molecule has 0 bridgehead atoms. The zero-order valence-electron chi connectivity index (χ0n) is 12.5. The molecule has 0 amide bonds. The zero-order valence-corrected chi connectivity index (χ0v) is 12.5. The van der Waals surface area contributed by atoms with Gasteiger partial charge in [-0.1, -0.05) is 31.0 Å². The van der Waals surface area contributed by atoms with Crippen LogP contribution in [0, 0.1) is 18.3 Å². The molecule has 1 aromatic carbocycles. The van der Waals surface area contributed by atoms with Crippen LogP contribution in [0.3, 0.4) is 0 Å². The first-order valence-corrected chi connectivity index (χ1v) is 7.46. The highest BCUT2D eigenvalue weighted by Crippen LogP contribution is 2.45. The summed E-state index contributed by atoms with van der Waals surface area (Å²) in [5.41, 5.74) is 9.04. The van der Waals surface area contributed by atoms with Crippen LogP contribution in [0.4, 0.5) is 0 Å². The van der Waals surface area contributed by atoms with Crippen LogP contribution in [0.25, 0.3) is 0 Å². The molecule has 2 rings (SSSR count). The first-order valence-electron chi connectivity index (χ1n) is 7.46. The van der Waals surface area contributed by atoms with E-state index in [9.17, 15) is 0 Å². The molecular formula is C17H27NO. The van der Waals surface area contributed by atoms with Gasteiger partial charge in [0, 0.05) is 0 Å². The third-order valence-corrected chi connectivity index (χ3v) is 4.82. The highest BCUT2D eigenvalue weighted by Gasteiger charge is 2.37. The summed E-state index contributed by atoms with van der Waals surface area (Å²) in [6, 6.07) is 6.46. The van der Waals surface area contributed by atoms with E-state index in [0.29, 0.717) is 5.41 Å². The minimum atomic E-state index is 0.293. The van der Waals surface area contributed by atoms with Crippen molar-refractivity contribution >= 4 is 0 Å². The molecule has 2 atom stereocenters. The average Bonchev–Trinajstić information content (AvgIpc) is 2.83. The normalized spacial score (nSPS) is 26.6. The molecule has 2 unspecified atom stereocenters. The van der Waals surface area contributed by atoms with Crippen LogP contribution in [0.1, 0.15) is 43.7 Å². The van der Waals surface area contributed by atoms with E-state index in [-0.39, 0.29) is 0 Å². The maximum atomic E-state index is 6.12. The number of aryl methyl sites for hydroxylation is 1. The average molecular weight is 261 g/mol. The fourth-order valence-corrected chi connectivity index (χ4v) is 3.54. The highest BCUT2D eigenvalue weighted by molar-refractivity contribution is 5.37. The van der Waals surface area contributed by atoms with Gasteiger partial charge in [-0.2, -0.15) is 0 Å². The molecule has 1 fully saturated rings. The molecule has 106 valence electrons. The number of hydrogen-bond donors (Lipinski definition) is 1. The molecule has 0 aromatic heterocycles. The number of hydrogen-bond acceptors (Lipinski definition) is 2. The van der Waals surface area contributed by atoms with Crippen LogP contribution in [-0.2, 0) is 6.42 Å². The maximum absolute atomic E-state index is 6.12. The molecule has 0 heterocycles. The van der Waals surface area contributed by atoms with Crippen molar-refractivity contribution in [2.24, 2.45) is 17.1 Å². The number of ether oxygens (including phenoxy) is 1. The van der Waals surface area contributed by atoms with E-state index in [4.69, 9.17) is 10.5 Å². The van der Waals surface area contributed by atoms with E-state index in [1.807, 2.05) is 0 Å². The van der Waals surface area contributed by atoms with Crippen molar-refractivity contribution in [3.05, 3.63) is 29.3 Å². The van der Waals surface area contributed by atoms with Crippen molar-refractivity contribution in [2.45, 2.75) is 46.0 Å². The van der Waals surface area contributed by atoms with Crippen LogP contribution in [0.15, 0.2) is 18.2 Å². The number of methoxy groups -OCH3 is 1.